The Balaban J connectivity index is 1.63. The summed E-state index contributed by atoms with van der Waals surface area (Å²) in [6.07, 6.45) is 3.52. The quantitative estimate of drug-likeness (QED) is 0.541. The highest BCUT2D eigenvalue weighted by Crippen LogP contribution is 2.33. The Hall–Kier alpha value is -2.41. The number of aromatic nitrogens is 5. The molecule has 0 spiro atoms. The number of hydrogen-bond acceptors (Lipinski definition) is 6. The van der Waals surface area contributed by atoms with E-state index in [4.69, 9.17) is 4.42 Å². The second-order valence-electron chi connectivity index (χ2n) is 4.54. The molecule has 0 aliphatic rings. The highest BCUT2D eigenvalue weighted by molar-refractivity contribution is 7.99. The molecule has 0 radical (unpaired) electrons. The molecule has 6 nitrogen and oxygen atoms in total. The SMILES string of the molecule is C[C@H](Sc1nc2ncccn2n1)c1nc2ccccc2o1. The maximum Gasteiger partial charge on any atom is 0.253 e. The molecule has 3 heterocycles. The summed E-state index contributed by atoms with van der Waals surface area (Å²) in [5.74, 6) is 1.26. The lowest BCUT2D eigenvalue weighted by Crippen LogP contribution is -1.90. The molecular weight excluding hydrogens is 286 g/mol. The largest absolute Gasteiger partial charge is 0.439 e. The van der Waals surface area contributed by atoms with Crippen molar-refractivity contribution in [3.8, 4) is 0 Å². The van der Waals surface area contributed by atoms with Crippen LogP contribution in [0.4, 0.5) is 0 Å². The molecule has 1 atom stereocenters. The first-order chi connectivity index (χ1) is 10.3. The molecule has 0 saturated heterocycles. The lowest BCUT2D eigenvalue weighted by atomic mass is 10.3. The number of nitrogens with zero attached hydrogens (tertiary/aromatic N) is 5. The van der Waals surface area contributed by atoms with E-state index in [0.717, 1.165) is 11.1 Å². The summed E-state index contributed by atoms with van der Waals surface area (Å²) in [4.78, 5) is 13.0. The van der Waals surface area contributed by atoms with Gasteiger partial charge in [0.2, 0.25) is 11.0 Å². The third-order valence-electron chi connectivity index (χ3n) is 3.04. The third-order valence-corrected chi connectivity index (χ3v) is 3.98. The molecule has 0 aliphatic heterocycles. The molecule has 0 bridgehead atoms. The van der Waals surface area contributed by atoms with Crippen molar-refractivity contribution in [3.63, 3.8) is 0 Å². The topological polar surface area (TPSA) is 69.1 Å². The normalized spacial score (nSPS) is 13.0. The molecule has 7 heteroatoms. The zero-order valence-electron chi connectivity index (χ0n) is 11.2. The zero-order chi connectivity index (χ0) is 14.2. The van der Waals surface area contributed by atoms with Crippen LogP contribution in [0.15, 0.2) is 52.3 Å². The predicted molar refractivity (Wildman–Crippen MR) is 79.1 cm³/mol. The number of rotatable bonds is 3. The van der Waals surface area contributed by atoms with E-state index in [2.05, 4.69) is 20.1 Å². The Bertz CT molecular complexity index is 850. The molecular formula is C14H11N5OS. The molecule has 0 N–H and O–H groups in total. The van der Waals surface area contributed by atoms with Crippen LogP contribution in [0.25, 0.3) is 16.9 Å². The van der Waals surface area contributed by atoms with E-state index in [1.165, 1.54) is 11.8 Å². The highest BCUT2D eigenvalue weighted by atomic mass is 32.2. The second kappa shape index (κ2) is 4.85. The van der Waals surface area contributed by atoms with E-state index in [0.29, 0.717) is 16.8 Å². The minimum Gasteiger partial charge on any atom is -0.439 e. The number of oxazole rings is 1. The molecule has 0 aliphatic carbocycles. The van der Waals surface area contributed by atoms with Gasteiger partial charge in [0.1, 0.15) is 5.52 Å². The highest BCUT2D eigenvalue weighted by Gasteiger charge is 2.17. The first-order valence-electron chi connectivity index (χ1n) is 6.49. The molecule has 4 rings (SSSR count). The van der Waals surface area contributed by atoms with Gasteiger partial charge in [0.25, 0.3) is 5.78 Å². The summed E-state index contributed by atoms with van der Waals surface area (Å²) in [5, 5.41) is 5.05. The van der Waals surface area contributed by atoms with Crippen molar-refractivity contribution in [2.45, 2.75) is 17.3 Å². The first-order valence-corrected chi connectivity index (χ1v) is 7.37. The summed E-state index contributed by atoms with van der Waals surface area (Å²) in [6.45, 7) is 2.02. The fraction of sp³-hybridized carbons (Fsp3) is 0.143. The van der Waals surface area contributed by atoms with Crippen LogP contribution in [0.2, 0.25) is 0 Å². The summed E-state index contributed by atoms with van der Waals surface area (Å²) >= 11 is 1.50. The average molecular weight is 297 g/mol. The Labute approximate surface area is 124 Å². The molecule has 3 aromatic heterocycles. The molecule has 0 amide bonds. The Morgan fingerprint density at radius 3 is 2.95 bits per heavy atom. The van der Waals surface area contributed by atoms with Crippen LogP contribution in [0.1, 0.15) is 18.1 Å². The summed E-state index contributed by atoms with van der Waals surface area (Å²) < 4.78 is 7.42. The van der Waals surface area contributed by atoms with Crippen molar-refractivity contribution in [1.82, 2.24) is 24.6 Å². The van der Waals surface area contributed by atoms with Gasteiger partial charge in [-0.05, 0) is 25.1 Å². The molecule has 4 aromatic rings. The molecule has 0 unspecified atom stereocenters. The summed E-state index contributed by atoms with van der Waals surface area (Å²) in [6, 6.07) is 9.55. The van der Waals surface area contributed by atoms with Crippen LogP contribution < -0.4 is 0 Å². The van der Waals surface area contributed by atoms with Gasteiger partial charge in [-0.25, -0.2) is 14.5 Å². The summed E-state index contributed by atoms with van der Waals surface area (Å²) in [7, 11) is 0. The van der Waals surface area contributed by atoms with Gasteiger partial charge in [-0.3, -0.25) is 0 Å². The van der Waals surface area contributed by atoms with E-state index in [-0.39, 0.29) is 5.25 Å². The Kier molecular flexibility index (Phi) is 2.85. The zero-order valence-corrected chi connectivity index (χ0v) is 12.0. The van der Waals surface area contributed by atoms with Gasteiger partial charge in [0.15, 0.2) is 5.58 Å². The number of fused-ring (bicyclic) bond motifs is 2. The van der Waals surface area contributed by atoms with Crippen LogP contribution in [-0.2, 0) is 0 Å². The van der Waals surface area contributed by atoms with Crippen molar-refractivity contribution < 1.29 is 4.42 Å². The third kappa shape index (κ3) is 2.25. The van der Waals surface area contributed by atoms with Gasteiger partial charge in [0.05, 0.1) is 5.25 Å². The van der Waals surface area contributed by atoms with Gasteiger partial charge >= 0.3 is 0 Å². The Morgan fingerprint density at radius 2 is 2.10 bits per heavy atom. The van der Waals surface area contributed by atoms with Crippen LogP contribution in [0, 0.1) is 0 Å². The van der Waals surface area contributed by atoms with Gasteiger partial charge in [-0.15, -0.1) is 5.10 Å². The Morgan fingerprint density at radius 1 is 1.19 bits per heavy atom. The van der Waals surface area contributed by atoms with E-state index < -0.39 is 0 Å². The van der Waals surface area contributed by atoms with Gasteiger partial charge in [-0.2, -0.15) is 4.98 Å². The van der Waals surface area contributed by atoms with E-state index >= 15 is 0 Å². The van der Waals surface area contributed by atoms with E-state index in [1.54, 1.807) is 10.7 Å². The monoisotopic (exact) mass is 297 g/mol. The maximum atomic E-state index is 5.77. The van der Waals surface area contributed by atoms with E-state index in [1.807, 2.05) is 43.5 Å². The van der Waals surface area contributed by atoms with Crippen LogP contribution in [0.3, 0.4) is 0 Å². The van der Waals surface area contributed by atoms with Crippen LogP contribution in [-0.4, -0.2) is 24.6 Å². The van der Waals surface area contributed by atoms with Crippen LogP contribution >= 0.6 is 11.8 Å². The van der Waals surface area contributed by atoms with Gasteiger partial charge in [0, 0.05) is 12.4 Å². The van der Waals surface area contributed by atoms with E-state index in [9.17, 15) is 0 Å². The number of hydrogen-bond donors (Lipinski definition) is 0. The fourth-order valence-electron chi connectivity index (χ4n) is 2.04. The van der Waals surface area contributed by atoms with Crippen molar-refractivity contribution in [1.29, 1.82) is 0 Å². The predicted octanol–water partition coefficient (Wildman–Crippen LogP) is 3.12. The average Bonchev–Trinajstić information content (AvgIpc) is 3.10. The molecule has 0 fully saturated rings. The number of benzene rings is 1. The second-order valence-corrected chi connectivity index (χ2v) is 5.85. The van der Waals surface area contributed by atoms with Crippen molar-refractivity contribution in [2.75, 3.05) is 0 Å². The lowest BCUT2D eigenvalue weighted by Gasteiger charge is -2.02. The molecule has 104 valence electrons. The minimum atomic E-state index is 0.0230. The minimum absolute atomic E-state index is 0.0230. The van der Waals surface area contributed by atoms with Crippen molar-refractivity contribution >= 4 is 28.6 Å². The fourth-order valence-corrected chi connectivity index (χ4v) is 2.82. The molecule has 0 saturated carbocycles. The number of thioether (sulfide) groups is 1. The van der Waals surface area contributed by atoms with Crippen LogP contribution in [0.5, 0.6) is 0 Å². The standard InChI is InChI=1S/C14H11N5OS/c1-9(12-16-10-5-2-3-6-11(10)20-12)21-14-17-13-15-7-4-8-19(13)18-14/h2-9H,1H3/t9-/m0/s1. The molecule has 1 aromatic carbocycles. The van der Waals surface area contributed by atoms with Gasteiger partial charge in [-0.1, -0.05) is 23.9 Å². The van der Waals surface area contributed by atoms with Crippen molar-refractivity contribution in [2.24, 2.45) is 0 Å². The maximum absolute atomic E-state index is 5.77. The summed E-state index contributed by atoms with van der Waals surface area (Å²) in [5.41, 5.74) is 1.66. The lowest BCUT2D eigenvalue weighted by molar-refractivity contribution is 0.533. The smallest absolute Gasteiger partial charge is 0.253 e. The first kappa shape index (κ1) is 12.3. The van der Waals surface area contributed by atoms with Gasteiger partial charge < -0.3 is 4.42 Å². The molecule has 21 heavy (non-hydrogen) atoms. The van der Waals surface area contributed by atoms with Crippen molar-refractivity contribution in [3.05, 3.63) is 48.6 Å². The number of para-hydroxylation sites is 2.